The average Bonchev–Trinajstić information content (AvgIpc) is 2.81. The molecule has 3 rings (SSSR count). The number of amides is 4. The summed E-state index contributed by atoms with van der Waals surface area (Å²) in [5.41, 5.74) is 0.993. The molecule has 2 aromatic carbocycles. The van der Waals surface area contributed by atoms with Crippen LogP contribution in [0, 0.1) is 6.92 Å². The number of benzene rings is 2. The predicted molar refractivity (Wildman–Crippen MR) is 102 cm³/mol. The molecule has 4 amide bonds. The van der Waals surface area contributed by atoms with Gasteiger partial charge < -0.3 is 10.6 Å². The lowest BCUT2D eigenvalue weighted by atomic mass is 9.92. The van der Waals surface area contributed by atoms with Gasteiger partial charge in [0.1, 0.15) is 12.1 Å². The van der Waals surface area contributed by atoms with Crippen LogP contribution in [0.25, 0.3) is 0 Å². The van der Waals surface area contributed by atoms with E-state index < -0.39 is 23.4 Å². The molecule has 0 radical (unpaired) electrons. The quantitative estimate of drug-likeness (QED) is 0.752. The van der Waals surface area contributed by atoms with E-state index in [1.165, 1.54) is 0 Å². The number of nitrogens with one attached hydrogen (secondary N) is 2. The van der Waals surface area contributed by atoms with E-state index in [-0.39, 0.29) is 6.54 Å². The summed E-state index contributed by atoms with van der Waals surface area (Å²) in [4.78, 5) is 38.4. The fourth-order valence-electron chi connectivity index (χ4n) is 2.88. The van der Waals surface area contributed by atoms with E-state index in [0.29, 0.717) is 11.3 Å². The van der Waals surface area contributed by atoms with Gasteiger partial charge in [-0.3, -0.25) is 14.5 Å². The van der Waals surface area contributed by atoms with Gasteiger partial charge in [-0.15, -0.1) is 0 Å². The Morgan fingerprint density at radius 2 is 1.92 bits per heavy atom. The van der Waals surface area contributed by atoms with Gasteiger partial charge in [0.15, 0.2) is 0 Å². The summed E-state index contributed by atoms with van der Waals surface area (Å²) in [5, 5.41) is 5.42. The first kappa shape index (κ1) is 18.1. The van der Waals surface area contributed by atoms with Crippen molar-refractivity contribution >= 4 is 39.5 Å². The Hall–Kier alpha value is -2.67. The molecule has 6 nitrogen and oxygen atoms in total. The minimum absolute atomic E-state index is 0.345. The van der Waals surface area contributed by atoms with E-state index in [9.17, 15) is 14.4 Å². The number of halogens is 1. The molecule has 26 heavy (non-hydrogen) atoms. The van der Waals surface area contributed by atoms with E-state index in [1.54, 1.807) is 37.3 Å². The number of urea groups is 1. The van der Waals surface area contributed by atoms with Crippen LogP contribution in [-0.2, 0) is 15.1 Å². The molecule has 1 aliphatic rings. The number of nitrogens with zero attached hydrogens (tertiary/aromatic N) is 1. The van der Waals surface area contributed by atoms with Crippen LogP contribution in [0.3, 0.4) is 0 Å². The van der Waals surface area contributed by atoms with Gasteiger partial charge in [0.25, 0.3) is 5.91 Å². The van der Waals surface area contributed by atoms with Gasteiger partial charge in [-0.1, -0.05) is 46.3 Å². The van der Waals surface area contributed by atoms with Crippen molar-refractivity contribution in [1.82, 2.24) is 10.2 Å². The molecule has 0 unspecified atom stereocenters. The van der Waals surface area contributed by atoms with Crippen molar-refractivity contribution in [2.75, 3.05) is 11.9 Å². The Labute approximate surface area is 159 Å². The molecule has 1 heterocycles. The predicted octanol–water partition coefficient (Wildman–Crippen LogP) is 3.16. The maximum Gasteiger partial charge on any atom is 0.325 e. The summed E-state index contributed by atoms with van der Waals surface area (Å²) in [7, 11) is 0. The molecule has 1 fully saturated rings. The van der Waals surface area contributed by atoms with E-state index >= 15 is 0 Å². The zero-order chi connectivity index (χ0) is 18.9. The number of imide groups is 1. The first-order valence-corrected chi connectivity index (χ1v) is 8.86. The maximum atomic E-state index is 12.9. The Bertz CT molecular complexity index is 899. The highest BCUT2D eigenvalue weighted by molar-refractivity contribution is 9.10. The zero-order valence-corrected chi connectivity index (χ0v) is 16.0. The molecule has 2 N–H and O–H groups in total. The number of anilines is 1. The third-order valence-electron chi connectivity index (χ3n) is 4.40. The summed E-state index contributed by atoms with van der Waals surface area (Å²) in [5.74, 6) is -0.887. The van der Waals surface area contributed by atoms with E-state index in [1.807, 2.05) is 25.1 Å². The third kappa shape index (κ3) is 3.35. The Kier molecular flexibility index (Phi) is 4.82. The van der Waals surface area contributed by atoms with Gasteiger partial charge >= 0.3 is 6.03 Å². The van der Waals surface area contributed by atoms with Crippen LogP contribution in [0.5, 0.6) is 0 Å². The molecule has 2 aromatic rings. The number of hydrogen-bond acceptors (Lipinski definition) is 3. The summed E-state index contributed by atoms with van der Waals surface area (Å²) < 4.78 is 0.800. The van der Waals surface area contributed by atoms with Crippen molar-refractivity contribution in [1.29, 1.82) is 0 Å². The molecular weight excluding hydrogens is 398 g/mol. The molecule has 0 aliphatic carbocycles. The van der Waals surface area contributed by atoms with Gasteiger partial charge in [0.2, 0.25) is 5.91 Å². The van der Waals surface area contributed by atoms with Crippen LogP contribution in [-0.4, -0.2) is 29.3 Å². The number of rotatable bonds is 4. The summed E-state index contributed by atoms with van der Waals surface area (Å²) >= 11 is 3.37. The van der Waals surface area contributed by atoms with Gasteiger partial charge in [-0.25, -0.2) is 4.79 Å². The van der Waals surface area contributed by atoms with Crippen molar-refractivity contribution in [2.24, 2.45) is 0 Å². The normalized spacial score (nSPS) is 19.4. The molecule has 7 heteroatoms. The maximum absolute atomic E-state index is 12.9. The Balaban J connectivity index is 1.77. The topological polar surface area (TPSA) is 78.5 Å². The second-order valence-corrected chi connectivity index (χ2v) is 7.24. The monoisotopic (exact) mass is 415 g/mol. The molecule has 0 spiro atoms. The van der Waals surface area contributed by atoms with Crippen LogP contribution in [0.4, 0.5) is 10.5 Å². The highest BCUT2D eigenvalue weighted by Gasteiger charge is 2.49. The van der Waals surface area contributed by atoms with Gasteiger partial charge in [-0.05, 0) is 43.2 Å². The molecule has 0 saturated carbocycles. The molecule has 1 atom stereocenters. The fourth-order valence-corrected chi connectivity index (χ4v) is 3.28. The van der Waals surface area contributed by atoms with Crippen LogP contribution < -0.4 is 10.6 Å². The second-order valence-electron chi connectivity index (χ2n) is 6.32. The lowest BCUT2D eigenvalue weighted by molar-refractivity contribution is -0.133. The summed E-state index contributed by atoms with van der Waals surface area (Å²) in [6, 6.07) is 13.9. The Morgan fingerprint density at radius 1 is 1.19 bits per heavy atom. The number of aryl methyl sites for hydroxylation is 1. The van der Waals surface area contributed by atoms with E-state index in [4.69, 9.17) is 0 Å². The van der Waals surface area contributed by atoms with Crippen LogP contribution in [0.1, 0.15) is 18.1 Å². The highest BCUT2D eigenvalue weighted by Crippen LogP contribution is 2.30. The van der Waals surface area contributed by atoms with E-state index in [2.05, 4.69) is 26.6 Å². The van der Waals surface area contributed by atoms with Crippen molar-refractivity contribution in [2.45, 2.75) is 19.4 Å². The minimum Gasteiger partial charge on any atom is -0.324 e. The van der Waals surface area contributed by atoms with Crippen LogP contribution in [0.15, 0.2) is 53.0 Å². The van der Waals surface area contributed by atoms with Crippen molar-refractivity contribution in [3.05, 3.63) is 64.1 Å². The molecular formula is C19H18BrN3O3. The fraction of sp³-hybridized carbons (Fsp3) is 0.211. The van der Waals surface area contributed by atoms with Crippen molar-refractivity contribution < 1.29 is 14.4 Å². The Morgan fingerprint density at radius 3 is 2.62 bits per heavy atom. The molecule has 1 aliphatic heterocycles. The van der Waals surface area contributed by atoms with E-state index in [0.717, 1.165) is 14.9 Å². The number of carbonyl (C=O) groups is 3. The van der Waals surface area contributed by atoms with Crippen LogP contribution in [0.2, 0.25) is 0 Å². The molecule has 0 aromatic heterocycles. The molecule has 134 valence electrons. The van der Waals surface area contributed by atoms with Gasteiger partial charge in [-0.2, -0.15) is 0 Å². The largest absolute Gasteiger partial charge is 0.325 e. The molecule has 0 bridgehead atoms. The number of hydrogen-bond donors (Lipinski definition) is 2. The lowest BCUT2D eigenvalue weighted by Crippen LogP contribution is -2.42. The van der Waals surface area contributed by atoms with Gasteiger partial charge in [0, 0.05) is 10.2 Å². The average molecular weight is 416 g/mol. The van der Waals surface area contributed by atoms with Crippen LogP contribution >= 0.6 is 15.9 Å². The smallest absolute Gasteiger partial charge is 0.324 e. The summed E-state index contributed by atoms with van der Waals surface area (Å²) in [6.45, 7) is 3.16. The van der Waals surface area contributed by atoms with Crippen molar-refractivity contribution in [3.8, 4) is 0 Å². The summed E-state index contributed by atoms with van der Waals surface area (Å²) in [6.07, 6.45) is 0. The molecule has 1 saturated heterocycles. The standard InChI is InChI=1S/C19H18BrN3O3/c1-12-6-3-4-9-15(12)21-16(24)11-23-17(25)19(2,22-18(23)26)13-7-5-8-14(20)10-13/h3-10H,11H2,1-2H3,(H,21,24)(H,22,26)/t19-/m1/s1. The number of carbonyl (C=O) groups excluding carboxylic acids is 3. The second kappa shape index (κ2) is 6.92. The first-order chi connectivity index (χ1) is 12.3. The first-order valence-electron chi connectivity index (χ1n) is 8.07. The minimum atomic E-state index is -1.20. The SMILES string of the molecule is Cc1ccccc1NC(=O)CN1C(=O)N[C@](C)(c2cccc(Br)c2)C1=O. The number of para-hydroxylation sites is 1. The third-order valence-corrected chi connectivity index (χ3v) is 4.89. The van der Waals surface area contributed by atoms with Gasteiger partial charge in [0.05, 0.1) is 0 Å². The van der Waals surface area contributed by atoms with Crippen molar-refractivity contribution in [3.63, 3.8) is 0 Å². The zero-order valence-electron chi connectivity index (χ0n) is 14.4. The lowest BCUT2D eigenvalue weighted by Gasteiger charge is -2.22. The highest BCUT2D eigenvalue weighted by atomic mass is 79.9.